The first kappa shape index (κ1) is 13.4. The van der Waals surface area contributed by atoms with E-state index in [9.17, 15) is 9.18 Å². The van der Waals surface area contributed by atoms with E-state index in [0.717, 1.165) is 0 Å². The van der Waals surface area contributed by atoms with Crippen molar-refractivity contribution in [2.45, 2.75) is 13.5 Å². The number of esters is 1. The number of nitrogens with two attached hydrogens (primary N) is 1. The molecule has 0 aliphatic carbocycles. The van der Waals surface area contributed by atoms with Crippen LogP contribution in [-0.2, 0) is 16.1 Å². The summed E-state index contributed by atoms with van der Waals surface area (Å²) in [5.74, 6) is -0.785. The van der Waals surface area contributed by atoms with Crippen molar-refractivity contribution in [1.29, 1.82) is 0 Å². The van der Waals surface area contributed by atoms with Gasteiger partial charge in [-0.3, -0.25) is 4.79 Å². The van der Waals surface area contributed by atoms with Crippen molar-refractivity contribution in [2.24, 2.45) is 11.7 Å². The van der Waals surface area contributed by atoms with Gasteiger partial charge in [-0.2, -0.15) is 0 Å². The fourth-order valence-electron chi connectivity index (χ4n) is 1.27. The van der Waals surface area contributed by atoms with Crippen LogP contribution in [0.1, 0.15) is 12.5 Å². The van der Waals surface area contributed by atoms with E-state index < -0.39 is 11.7 Å². The van der Waals surface area contributed by atoms with Crippen LogP contribution in [0.4, 0.5) is 4.39 Å². The zero-order chi connectivity index (χ0) is 12.8. The number of ether oxygens (including phenoxy) is 2. The number of hydrogen-bond acceptors (Lipinski definition) is 4. The maximum atomic E-state index is 13.3. The monoisotopic (exact) mass is 241 g/mol. The summed E-state index contributed by atoms with van der Waals surface area (Å²) in [4.78, 5) is 11.1. The molecule has 1 atom stereocenters. The minimum atomic E-state index is -0.407. The van der Waals surface area contributed by atoms with Crippen LogP contribution in [0.2, 0.25) is 0 Å². The molecule has 0 aromatic heterocycles. The largest absolute Gasteiger partial charge is 0.493 e. The predicted molar refractivity (Wildman–Crippen MR) is 61.0 cm³/mol. The van der Waals surface area contributed by atoms with E-state index in [1.54, 1.807) is 19.1 Å². The van der Waals surface area contributed by atoms with Gasteiger partial charge in [0.1, 0.15) is 18.2 Å². The van der Waals surface area contributed by atoms with Crippen LogP contribution in [0, 0.1) is 11.7 Å². The number of rotatable bonds is 5. The van der Waals surface area contributed by atoms with Crippen LogP contribution in [-0.4, -0.2) is 19.7 Å². The van der Waals surface area contributed by atoms with Crippen molar-refractivity contribution < 1.29 is 18.7 Å². The fraction of sp³-hybridized carbons (Fsp3) is 0.417. The Morgan fingerprint density at radius 3 is 2.76 bits per heavy atom. The van der Waals surface area contributed by atoms with Crippen LogP contribution in [0.15, 0.2) is 18.2 Å². The molecule has 17 heavy (non-hydrogen) atoms. The van der Waals surface area contributed by atoms with Gasteiger partial charge in [0.05, 0.1) is 13.0 Å². The molecule has 4 nitrogen and oxygen atoms in total. The van der Waals surface area contributed by atoms with E-state index in [0.29, 0.717) is 11.3 Å². The van der Waals surface area contributed by atoms with Crippen molar-refractivity contribution >= 4 is 5.97 Å². The highest BCUT2D eigenvalue weighted by Crippen LogP contribution is 2.17. The molecule has 2 N–H and O–H groups in total. The summed E-state index contributed by atoms with van der Waals surface area (Å²) >= 11 is 0. The second kappa shape index (κ2) is 6.20. The Kier molecular flexibility index (Phi) is 4.90. The third-order valence-electron chi connectivity index (χ3n) is 2.35. The summed E-state index contributed by atoms with van der Waals surface area (Å²) in [6, 6.07) is 4.44. The first-order valence-electron chi connectivity index (χ1n) is 5.27. The standard InChI is InChI=1S/C12H16FNO3/c1-8(12(15)16-2)7-17-10-4-3-9(6-14)11(13)5-10/h3-5,8H,6-7,14H2,1-2H3. The molecular weight excluding hydrogens is 225 g/mol. The summed E-state index contributed by atoms with van der Waals surface area (Å²) in [6.07, 6.45) is 0. The average Bonchev–Trinajstić information content (AvgIpc) is 2.35. The van der Waals surface area contributed by atoms with Gasteiger partial charge < -0.3 is 15.2 Å². The van der Waals surface area contributed by atoms with Crippen molar-refractivity contribution in [3.8, 4) is 5.75 Å². The lowest BCUT2D eigenvalue weighted by atomic mass is 10.2. The summed E-state index contributed by atoms with van der Waals surface area (Å²) in [5.41, 5.74) is 5.77. The highest BCUT2D eigenvalue weighted by Gasteiger charge is 2.14. The molecule has 0 heterocycles. The number of carbonyl (C=O) groups is 1. The van der Waals surface area contributed by atoms with Gasteiger partial charge in [-0.1, -0.05) is 6.07 Å². The Morgan fingerprint density at radius 1 is 1.53 bits per heavy atom. The number of carbonyl (C=O) groups excluding carboxylic acids is 1. The Morgan fingerprint density at radius 2 is 2.24 bits per heavy atom. The van der Waals surface area contributed by atoms with Crippen molar-refractivity contribution in [3.63, 3.8) is 0 Å². The normalized spacial score (nSPS) is 12.0. The summed E-state index contributed by atoms with van der Waals surface area (Å²) in [6.45, 7) is 1.97. The second-order valence-corrected chi connectivity index (χ2v) is 3.69. The lowest BCUT2D eigenvalue weighted by Gasteiger charge is -2.11. The molecule has 0 bridgehead atoms. The molecule has 0 aliphatic heterocycles. The predicted octanol–water partition coefficient (Wildman–Crippen LogP) is 1.47. The van der Waals surface area contributed by atoms with E-state index in [-0.39, 0.29) is 19.1 Å². The number of halogens is 1. The van der Waals surface area contributed by atoms with Gasteiger partial charge in [-0.25, -0.2) is 4.39 Å². The minimum Gasteiger partial charge on any atom is -0.493 e. The molecule has 5 heteroatoms. The Labute approximate surface area is 99.5 Å². The van der Waals surface area contributed by atoms with Gasteiger partial charge in [0.25, 0.3) is 0 Å². The molecule has 0 saturated heterocycles. The van der Waals surface area contributed by atoms with Crippen LogP contribution in [0.5, 0.6) is 5.75 Å². The molecular formula is C12H16FNO3. The second-order valence-electron chi connectivity index (χ2n) is 3.69. The minimum absolute atomic E-state index is 0.144. The lowest BCUT2D eigenvalue weighted by molar-refractivity contribution is -0.145. The topological polar surface area (TPSA) is 61.5 Å². The first-order valence-corrected chi connectivity index (χ1v) is 5.27. The van der Waals surface area contributed by atoms with E-state index in [4.69, 9.17) is 10.5 Å². The molecule has 0 spiro atoms. The molecule has 0 radical (unpaired) electrons. The van der Waals surface area contributed by atoms with Gasteiger partial charge in [-0.05, 0) is 13.0 Å². The average molecular weight is 241 g/mol. The first-order chi connectivity index (χ1) is 8.08. The maximum Gasteiger partial charge on any atom is 0.311 e. The van der Waals surface area contributed by atoms with Crippen molar-refractivity contribution in [3.05, 3.63) is 29.6 Å². The zero-order valence-electron chi connectivity index (χ0n) is 9.90. The fourth-order valence-corrected chi connectivity index (χ4v) is 1.27. The number of methoxy groups -OCH3 is 1. The van der Waals surface area contributed by atoms with Gasteiger partial charge >= 0.3 is 5.97 Å². The van der Waals surface area contributed by atoms with Crippen molar-refractivity contribution in [1.82, 2.24) is 0 Å². The van der Waals surface area contributed by atoms with Gasteiger partial charge in [0.15, 0.2) is 0 Å². The Bertz CT molecular complexity index is 395. The van der Waals surface area contributed by atoms with Crippen LogP contribution < -0.4 is 10.5 Å². The molecule has 0 amide bonds. The summed E-state index contributed by atoms with van der Waals surface area (Å²) in [5, 5.41) is 0. The van der Waals surface area contributed by atoms with Crippen LogP contribution >= 0.6 is 0 Å². The third-order valence-corrected chi connectivity index (χ3v) is 2.35. The number of hydrogen-bond donors (Lipinski definition) is 1. The van der Waals surface area contributed by atoms with Gasteiger partial charge in [0.2, 0.25) is 0 Å². The third kappa shape index (κ3) is 3.71. The number of benzene rings is 1. The van der Waals surface area contributed by atoms with Crippen molar-refractivity contribution in [2.75, 3.05) is 13.7 Å². The quantitative estimate of drug-likeness (QED) is 0.793. The van der Waals surface area contributed by atoms with Gasteiger partial charge in [0, 0.05) is 18.2 Å². The Balaban J connectivity index is 2.58. The summed E-state index contributed by atoms with van der Waals surface area (Å²) in [7, 11) is 1.31. The van der Waals surface area contributed by atoms with E-state index in [2.05, 4.69) is 4.74 Å². The smallest absolute Gasteiger partial charge is 0.311 e. The molecule has 1 rings (SSSR count). The maximum absolute atomic E-state index is 13.3. The molecule has 1 unspecified atom stereocenters. The molecule has 94 valence electrons. The molecule has 1 aromatic rings. The summed E-state index contributed by atoms with van der Waals surface area (Å²) < 4.78 is 23.2. The van der Waals surface area contributed by atoms with Crippen LogP contribution in [0.25, 0.3) is 0 Å². The van der Waals surface area contributed by atoms with E-state index in [1.165, 1.54) is 13.2 Å². The molecule has 0 saturated carbocycles. The molecule has 0 aliphatic rings. The highest BCUT2D eigenvalue weighted by molar-refractivity contribution is 5.71. The highest BCUT2D eigenvalue weighted by atomic mass is 19.1. The van der Waals surface area contributed by atoms with Crippen LogP contribution in [0.3, 0.4) is 0 Å². The lowest BCUT2D eigenvalue weighted by Crippen LogP contribution is -2.20. The molecule has 1 aromatic carbocycles. The van der Waals surface area contributed by atoms with E-state index >= 15 is 0 Å². The molecule has 0 fully saturated rings. The Hall–Kier alpha value is -1.62. The zero-order valence-corrected chi connectivity index (χ0v) is 9.90. The SMILES string of the molecule is COC(=O)C(C)COc1ccc(CN)c(F)c1. The van der Waals surface area contributed by atoms with E-state index in [1.807, 2.05) is 0 Å². The van der Waals surface area contributed by atoms with Gasteiger partial charge in [-0.15, -0.1) is 0 Å².